The number of hydrogen-bond donors (Lipinski definition) is 0. The first-order valence-corrected chi connectivity index (χ1v) is 13.1. The van der Waals surface area contributed by atoms with Crippen LogP contribution < -0.4 is 4.74 Å². The lowest BCUT2D eigenvalue weighted by molar-refractivity contribution is 0.304. The Balaban J connectivity index is 1.33. The van der Waals surface area contributed by atoms with Crippen LogP contribution in [0, 0.1) is 11.6 Å². The zero-order valence-electron chi connectivity index (χ0n) is 20.7. The highest BCUT2D eigenvalue weighted by molar-refractivity contribution is 6.30. The number of pyridine rings is 1. The molecular weight excluding hydrogens is 476 g/mol. The van der Waals surface area contributed by atoms with Gasteiger partial charge in [0.05, 0.1) is 17.8 Å². The highest BCUT2D eigenvalue weighted by Crippen LogP contribution is 2.25. The lowest BCUT2D eigenvalue weighted by Crippen LogP contribution is -1.99. The van der Waals surface area contributed by atoms with E-state index in [1.54, 1.807) is 12.3 Å². The van der Waals surface area contributed by atoms with E-state index >= 15 is 4.39 Å². The second kappa shape index (κ2) is 12.8. The quantitative estimate of drug-likeness (QED) is 0.179. The molecule has 0 unspecified atom stereocenters. The minimum Gasteiger partial charge on any atom is -0.492 e. The van der Waals surface area contributed by atoms with Crippen molar-refractivity contribution in [2.45, 2.75) is 58.3 Å². The number of halogens is 3. The van der Waals surface area contributed by atoms with Gasteiger partial charge in [-0.2, -0.15) is 0 Å². The molecule has 4 aromatic rings. The number of unbranched alkanes of at least 4 members (excludes halogenated alkanes) is 3. The Kier molecular flexibility index (Phi) is 9.29. The predicted octanol–water partition coefficient (Wildman–Crippen LogP) is 8.70. The fourth-order valence-corrected chi connectivity index (χ4v) is 4.46. The normalized spacial score (nSPS) is 11.2. The SMILES string of the molecule is CCCCCCOc1ccc(CCc2ccc3c(F)c(CCc4ccc(Cl)c(F)c4)ccc3c2)nc1. The van der Waals surface area contributed by atoms with E-state index in [0.717, 1.165) is 53.8 Å². The molecule has 0 atom stereocenters. The molecule has 0 saturated heterocycles. The molecule has 0 fully saturated rings. The van der Waals surface area contributed by atoms with Crippen molar-refractivity contribution in [3.63, 3.8) is 0 Å². The molecule has 0 aliphatic rings. The van der Waals surface area contributed by atoms with Gasteiger partial charge in [-0.15, -0.1) is 0 Å². The van der Waals surface area contributed by atoms with E-state index < -0.39 is 5.82 Å². The molecule has 5 heteroatoms. The summed E-state index contributed by atoms with van der Waals surface area (Å²) in [6, 6.07) is 18.4. The van der Waals surface area contributed by atoms with Crippen molar-refractivity contribution in [3.8, 4) is 5.75 Å². The first-order valence-electron chi connectivity index (χ1n) is 12.7. The van der Waals surface area contributed by atoms with Gasteiger partial charge in [0.25, 0.3) is 0 Å². The minimum atomic E-state index is -0.446. The van der Waals surface area contributed by atoms with Crippen LogP contribution in [-0.2, 0) is 25.7 Å². The fraction of sp³-hybridized carbons (Fsp3) is 0.323. The summed E-state index contributed by atoms with van der Waals surface area (Å²) in [5, 5.41) is 1.59. The number of rotatable bonds is 12. The fourth-order valence-electron chi connectivity index (χ4n) is 4.34. The first-order chi connectivity index (χ1) is 17.5. The molecule has 0 aliphatic heterocycles. The van der Waals surface area contributed by atoms with E-state index in [1.165, 1.54) is 31.4 Å². The summed E-state index contributed by atoms with van der Waals surface area (Å²) in [5.41, 5.74) is 3.58. The zero-order valence-corrected chi connectivity index (χ0v) is 21.5. The van der Waals surface area contributed by atoms with Gasteiger partial charge in [0.15, 0.2) is 0 Å². The first kappa shape index (κ1) is 26.1. The molecule has 0 N–H and O–H groups in total. The predicted molar refractivity (Wildman–Crippen MR) is 144 cm³/mol. The number of fused-ring (bicyclic) bond motifs is 1. The van der Waals surface area contributed by atoms with Gasteiger partial charge in [0, 0.05) is 11.1 Å². The van der Waals surface area contributed by atoms with Gasteiger partial charge >= 0.3 is 0 Å². The second-order valence-corrected chi connectivity index (χ2v) is 9.64. The Morgan fingerprint density at radius 3 is 2.39 bits per heavy atom. The van der Waals surface area contributed by atoms with E-state index in [9.17, 15) is 4.39 Å². The van der Waals surface area contributed by atoms with Crippen LogP contribution in [-0.4, -0.2) is 11.6 Å². The Bertz CT molecular complexity index is 1290. The summed E-state index contributed by atoms with van der Waals surface area (Å²) >= 11 is 5.75. The van der Waals surface area contributed by atoms with Gasteiger partial charge < -0.3 is 4.74 Å². The smallest absolute Gasteiger partial charge is 0.142 e. The lowest BCUT2D eigenvalue weighted by atomic mass is 9.98. The summed E-state index contributed by atoms with van der Waals surface area (Å²) in [6.45, 7) is 2.93. The number of hydrogen-bond acceptors (Lipinski definition) is 2. The third-order valence-electron chi connectivity index (χ3n) is 6.50. The monoisotopic (exact) mass is 507 g/mol. The van der Waals surface area contributed by atoms with Crippen molar-refractivity contribution in [1.82, 2.24) is 4.98 Å². The zero-order chi connectivity index (χ0) is 25.3. The summed E-state index contributed by atoms with van der Waals surface area (Å²) in [7, 11) is 0. The molecule has 0 saturated carbocycles. The van der Waals surface area contributed by atoms with Crippen LogP contribution in [0.5, 0.6) is 5.75 Å². The molecule has 0 radical (unpaired) electrons. The summed E-state index contributed by atoms with van der Waals surface area (Å²) in [6.07, 6.45) is 9.20. The van der Waals surface area contributed by atoms with Crippen LogP contribution in [0.3, 0.4) is 0 Å². The van der Waals surface area contributed by atoms with Gasteiger partial charge in [-0.25, -0.2) is 8.78 Å². The van der Waals surface area contributed by atoms with Gasteiger partial charge in [-0.05, 0) is 78.4 Å². The van der Waals surface area contributed by atoms with Crippen molar-refractivity contribution in [1.29, 1.82) is 0 Å². The number of nitrogens with zero attached hydrogens (tertiary/aromatic N) is 1. The Morgan fingerprint density at radius 2 is 1.61 bits per heavy atom. The Labute approximate surface area is 217 Å². The molecule has 3 aromatic carbocycles. The van der Waals surface area contributed by atoms with Crippen LogP contribution in [0.2, 0.25) is 5.02 Å². The van der Waals surface area contributed by atoms with E-state index in [0.29, 0.717) is 23.8 Å². The highest BCUT2D eigenvalue weighted by Gasteiger charge is 2.10. The summed E-state index contributed by atoms with van der Waals surface area (Å²) in [5.74, 6) is 0.159. The molecule has 4 rings (SSSR count). The van der Waals surface area contributed by atoms with Crippen molar-refractivity contribution in [3.05, 3.63) is 106 Å². The molecule has 1 heterocycles. The number of aromatic nitrogens is 1. The van der Waals surface area contributed by atoms with Crippen LogP contribution in [0.25, 0.3) is 10.8 Å². The number of ether oxygens (including phenoxy) is 1. The van der Waals surface area contributed by atoms with Crippen LogP contribution >= 0.6 is 11.6 Å². The third kappa shape index (κ3) is 7.04. The minimum absolute atomic E-state index is 0.0985. The van der Waals surface area contributed by atoms with E-state index in [4.69, 9.17) is 16.3 Å². The molecular formula is C31H32ClF2NO. The van der Waals surface area contributed by atoms with Crippen molar-refractivity contribution in [2.75, 3.05) is 6.61 Å². The third-order valence-corrected chi connectivity index (χ3v) is 6.81. The second-order valence-electron chi connectivity index (χ2n) is 9.24. The lowest BCUT2D eigenvalue weighted by Gasteiger charge is -2.10. The molecule has 0 amide bonds. The van der Waals surface area contributed by atoms with E-state index in [-0.39, 0.29) is 10.8 Å². The van der Waals surface area contributed by atoms with Crippen LogP contribution in [0.1, 0.15) is 55.0 Å². The molecule has 2 nitrogen and oxygen atoms in total. The average molecular weight is 508 g/mol. The van der Waals surface area contributed by atoms with E-state index in [2.05, 4.69) is 11.9 Å². The van der Waals surface area contributed by atoms with Gasteiger partial charge in [0.2, 0.25) is 0 Å². The van der Waals surface area contributed by atoms with Crippen molar-refractivity contribution >= 4 is 22.4 Å². The van der Waals surface area contributed by atoms with E-state index in [1.807, 2.05) is 42.5 Å². The molecule has 0 spiro atoms. The Morgan fingerprint density at radius 1 is 0.806 bits per heavy atom. The van der Waals surface area contributed by atoms with Gasteiger partial charge in [0.1, 0.15) is 17.4 Å². The van der Waals surface area contributed by atoms with Crippen molar-refractivity contribution < 1.29 is 13.5 Å². The standard InChI is InChI=1S/C31H32ClF2NO/c1-2-3-4-5-18-36-27-15-14-26(35-21-27)13-7-22-8-16-28-25(19-22)12-11-24(31(28)34)10-6-23-9-17-29(32)30(33)20-23/h8-9,11-12,14-17,19-21H,2-7,10,13,18H2,1H3. The Hall–Kier alpha value is -2.98. The number of benzene rings is 3. The highest BCUT2D eigenvalue weighted by atomic mass is 35.5. The summed E-state index contributed by atoms with van der Waals surface area (Å²) < 4.78 is 34.6. The topological polar surface area (TPSA) is 22.1 Å². The average Bonchev–Trinajstić information content (AvgIpc) is 2.89. The molecule has 0 bridgehead atoms. The van der Waals surface area contributed by atoms with Gasteiger partial charge in [-0.3, -0.25) is 4.98 Å². The van der Waals surface area contributed by atoms with Crippen LogP contribution in [0.15, 0.2) is 66.9 Å². The van der Waals surface area contributed by atoms with Gasteiger partial charge in [-0.1, -0.05) is 74.2 Å². The maximum atomic E-state index is 15.2. The molecule has 1 aromatic heterocycles. The largest absolute Gasteiger partial charge is 0.492 e. The summed E-state index contributed by atoms with van der Waals surface area (Å²) in [4.78, 5) is 4.54. The molecule has 36 heavy (non-hydrogen) atoms. The van der Waals surface area contributed by atoms with Crippen LogP contribution in [0.4, 0.5) is 8.78 Å². The van der Waals surface area contributed by atoms with Crippen molar-refractivity contribution in [2.24, 2.45) is 0 Å². The number of aryl methyl sites for hydroxylation is 4. The maximum absolute atomic E-state index is 15.2. The molecule has 0 aliphatic carbocycles. The molecule has 188 valence electrons. The maximum Gasteiger partial charge on any atom is 0.142 e.